The van der Waals surface area contributed by atoms with Gasteiger partial charge in [0.15, 0.2) is 0 Å². The minimum absolute atomic E-state index is 0.213. The van der Waals surface area contributed by atoms with Crippen molar-refractivity contribution in [3.63, 3.8) is 0 Å². The molecular formula is C23H27N3O3S. The summed E-state index contributed by atoms with van der Waals surface area (Å²) in [6.07, 6.45) is 2.95. The summed E-state index contributed by atoms with van der Waals surface area (Å²) < 4.78 is 7.60. The second kappa shape index (κ2) is 11.4. The van der Waals surface area contributed by atoms with Gasteiger partial charge >= 0.3 is 6.09 Å². The number of piperidine rings is 1. The van der Waals surface area contributed by atoms with E-state index in [1.807, 2.05) is 54.6 Å². The normalized spacial score (nSPS) is 14.7. The van der Waals surface area contributed by atoms with Crippen LogP contribution >= 0.6 is 11.9 Å². The Hall–Kier alpha value is -2.77. The number of carbonyl (C=O) groups is 2. The molecule has 0 unspecified atom stereocenters. The van der Waals surface area contributed by atoms with Crippen molar-refractivity contribution in [2.24, 2.45) is 5.92 Å². The molecule has 2 N–H and O–H groups in total. The molecule has 1 aliphatic rings. The van der Waals surface area contributed by atoms with Crippen molar-refractivity contribution in [2.45, 2.75) is 24.3 Å². The monoisotopic (exact) mass is 425 g/mol. The summed E-state index contributed by atoms with van der Waals surface area (Å²) in [4.78, 5) is 24.4. The number of nitrogens with zero attached hydrogens (tertiary/aromatic N) is 1. The predicted molar refractivity (Wildman–Crippen MR) is 120 cm³/mol. The Morgan fingerprint density at radius 1 is 1.10 bits per heavy atom. The molecule has 1 heterocycles. The summed E-state index contributed by atoms with van der Waals surface area (Å²) in [7, 11) is 0. The van der Waals surface area contributed by atoms with Gasteiger partial charge in [-0.15, -0.1) is 0 Å². The Morgan fingerprint density at radius 3 is 2.47 bits per heavy atom. The van der Waals surface area contributed by atoms with Crippen molar-refractivity contribution in [3.05, 3.63) is 72.8 Å². The van der Waals surface area contributed by atoms with Crippen LogP contribution in [0.15, 0.2) is 72.1 Å². The van der Waals surface area contributed by atoms with Crippen LogP contribution in [0.25, 0.3) is 0 Å². The maximum Gasteiger partial charge on any atom is 0.407 e. The highest BCUT2D eigenvalue weighted by Gasteiger charge is 2.20. The Kier molecular flexibility index (Phi) is 8.35. The van der Waals surface area contributed by atoms with Crippen LogP contribution in [-0.2, 0) is 16.1 Å². The smallest absolute Gasteiger partial charge is 0.407 e. The number of hydrogen-bond donors (Lipinski definition) is 2. The molecule has 0 saturated carbocycles. The molecule has 1 aliphatic heterocycles. The maximum absolute atomic E-state index is 11.9. The first-order valence-corrected chi connectivity index (χ1v) is 10.8. The first-order chi connectivity index (χ1) is 14.6. The maximum atomic E-state index is 11.9. The van der Waals surface area contributed by atoms with Crippen LogP contribution in [-0.4, -0.2) is 35.9 Å². The summed E-state index contributed by atoms with van der Waals surface area (Å²) in [5.41, 5.74) is 1.74. The van der Waals surface area contributed by atoms with Gasteiger partial charge in [-0.1, -0.05) is 36.9 Å². The summed E-state index contributed by atoms with van der Waals surface area (Å²) in [5.74, 6) is 0.248. The predicted octanol–water partition coefficient (Wildman–Crippen LogP) is 4.46. The molecule has 6 nitrogen and oxygen atoms in total. The van der Waals surface area contributed by atoms with Gasteiger partial charge in [-0.05, 0) is 66.6 Å². The van der Waals surface area contributed by atoms with E-state index in [1.165, 1.54) is 6.08 Å². The lowest BCUT2D eigenvalue weighted by Gasteiger charge is -2.30. The molecule has 0 radical (unpaired) electrons. The topological polar surface area (TPSA) is 70.7 Å². The third-order valence-corrected chi connectivity index (χ3v) is 5.97. The average molecular weight is 426 g/mol. The number of anilines is 1. The van der Waals surface area contributed by atoms with Crippen LogP contribution < -0.4 is 10.6 Å². The molecule has 0 spiro atoms. The van der Waals surface area contributed by atoms with Gasteiger partial charge in [-0.3, -0.25) is 4.79 Å². The summed E-state index contributed by atoms with van der Waals surface area (Å²) in [6, 6.07) is 17.4. The molecule has 0 aliphatic carbocycles. The van der Waals surface area contributed by atoms with E-state index < -0.39 is 0 Å². The minimum atomic E-state index is -0.362. The van der Waals surface area contributed by atoms with Crippen molar-refractivity contribution in [1.82, 2.24) is 9.62 Å². The molecule has 2 aromatic carbocycles. The zero-order chi connectivity index (χ0) is 21.2. The number of rotatable bonds is 8. The molecule has 7 heteroatoms. The highest BCUT2D eigenvalue weighted by molar-refractivity contribution is 7.97. The highest BCUT2D eigenvalue weighted by Crippen LogP contribution is 2.29. The van der Waals surface area contributed by atoms with Crippen molar-refractivity contribution < 1.29 is 14.3 Å². The number of nitrogens with one attached hydrogen (secondary N) is 2. The second-order valence-corrected chi connectivity index (χ2v) is 8.29. The number of hydrogen-bond acceptors (Lipinski definition) is 5. The zero-order valence-corrected chi connectivity index (χ0v) is 17.7. The number of ether oxygens (including phenoxy) is 1. The lowest BCUT2D eigenvalue weighted by Crippen LogP contribution is -2.36. The summed E-state index contributed by atoms with van der Waals surface area (Å²) >= 11 is 1.72. The molecule has 30 heavy (non-hydrogen) atoms. The Morgan fingerprint density at radius 2 is 1.80 bits per heavy atom. The van der Waals surface area contributed by atoms with Gasteiger partial charge in [0.1, 0.15) is 6.61 Å². The van der Waals surface area contributed by atoms with E-state index in [-0.39, 0.29) is 18.6 Å². The summed E-state index contributed by atoms with van der Waals surface area (Å²) in [5, 5.41) is 5.63. The molecule has 0 aromatic heterocycles. The Labute approximate surface area is 181 Å². The highest BCUT2D eigenvalue weighted by atomic mass is 32.2. The fourth-order valence-electron chi connectivity index (χ4n) is 3.15. The third kappa shape index (κ3) is 7.24. The molecule has 0 atom stereocenters. The van der Waals surface area contributed by atoms with Gasteiger partial charge in [-0.2, -0.15) is 0 Å². The SMILES string of the molecule is C=CC(=O)Nc1ccc(SN2CCC(CNC(=O)OCc3ccccc3)CC2)cc1. The molecule has 158 valence electrons. The van der Waals surface area contributed by atoms with Gasteiger partial charge in [0.05, 0.1) is 0 Å². The van der Waals surface area contributed by atoms with E-state index in [0.717, 1.165) is 42.1 Å². The molecular weight excluding hydrogens is 398 g/mol. The minimum Gasteiger partial charge on any atom is -0.445 e. The molecule has 2 amide bonds. The zero-order valence-electron chi connectivity index (χ0n) is 16.9. The standard InChI is InChI=1S/C23H27N3O3S/c1-2-22(27)25-20-8-10-21(11-9-20)30-26-14-12-18(13-15-26)16-24-23(28)29-17-19-6-4-3-5-7-19/h2-11,18H,1,12-17H2,(H,24,28)(H,25,27). The van der Waals surface area contributed by atoms with E-state index in [9.17, 15) is 9.59 Å². The fourth-order valence-corrected chi connectivity index (χ4v) is 4.10. The van der Waals surface area contributed by atoms with Crippen molar-refractivity contribution >= 4 is 29.6 Å². The first-order valence-electron chi connectivity index (χ1n) is 10.0. The van der Waals surface area contributed by atoms with Crippen molar-refractivity contribution in [3.8, 4) is 0 Å². The van der Waals surface area contributed by atoms with E-state index in [1.54, 1.807) is 11.9 Å². The average Bonchev–Trinajstić information content (AvgIpc) is 2.79. The Balaban J connectivity index is 1.33. The van der Waals surface area contributed by atoms with Crippen LogP contribution in [0.5, 0.6) is 0 Å². The second-order valence-electron chi connectivity index (χ2n) is 7.12. The lowest BCUT2D eigenvalue weighted by atomic mass is 9.98. The van der Waals surface area contributed by atoms with Crippen LogP contribution in [0.3, 0.4) is 0 Å². The van der Waals surface area contributed by atoms with E-state index in [0.29, 0.717) is 12.5 Å². The van der Waals surface area contributed by atoms with Crippen LogP contribution in [0.4, 0.5) is 10.5 Å². The van der Waals surface area contributed by atoms with Crippen LogP contribution in [0.1, 0.15) is 18.4 Å². The lowest BCUT2D eigenvalue weighted by molar-refractivity contribution is -0.111. The largest absolute Gasteiger partial charge is 0.445 e. The summed E-state index contributed by atoms with van der Waals surface area (Å²) in [6.45, 7) is 6.31. The third-order valence-electron chi connectivity index (χ3n) is 4.86. The molecule has 2 aromatic rings. The van der Waals surface area contributed by atoms with Crippen molar-refractivity contribution in [1.29, 1.82) is 0 Å². The van der Waals surface area contributed by atoms with E-state index >= 15 is 0 Å². The van der Waals surface area contributed by atoms with Crippen molar-refractivity contribution in [2.75, 3.05) is 25.0 Å². The van der Waals surface area contributed by atoms with Crippen LogP contribution in [0.2, 0.25) is 0 Å². The number of benzene rings is 2. The molecule has 0 bridgehead atoms. The number of carbonyl (C=O) groups excluding carboxylic acids is 2. The van der Waals surface area contributed by atoms with Gasteiger partial charge in [-0.25, -0.2) is 9.10 Å². The van der Waals surface area contributed by atoms with E-state index in [4.69, 9.17) is 4.74 Å². The van der Waals surface area contributed by atoms with Crippen LogP contribution in [0, 0.1) is 5.92 Å². The fraction of sp³-hybridized carbons (Fsp3) is 0.304. The number of amides is 2. The quantitative estimate of drug-likeness (QED) is 0.483. The van der Waals surface area contributed by atoms with Gasteiger partial charge in [0.2, 0.25) is 5.91 Å². The van der Waals surface area contributed by atoms with Gasteiger partial charge in [0, 0.05) is 30.2 Å². The van der Waals surface area contributed by atoms with Gasteiger partial charge in [0.25, 0.3) is 0 Å². The van der Waals surface area contributed by atoms with Gasteiger partial charge < -0.3 is 15.4 Å². The Bertz CT molecular complexity index is 835. The first kappa shape index (κ1) is 21.9. The number of alkyl carbamates (subject to hydrolysis) is 1. The molecule has 3 rings (SSSR count). The molecule has 1 fully saturated rings. The van der Waals surface area contributed by atoms with E-state index in [2.05, 4.69) is 21.5 Å². The molecule has 1 saturated heterocycles.